The van der Waals surface area contributed by atoms with E-state index in [1.165, 1.54) is 26.0 Å². The number of anilines is 2. The Morgan fingerprint density at radius 1 is 1.20 bits per heavy atom. The molecule has 0 aliphatic heterocycles. The van der Waals surface area contributed by atoms with Crippen LogP contribution in [0.3, 0.4) is 0 Å². The van der Waals surface area contributed by atoms with Crippen LogP contribution in [0, 0.1) is 12.7 Å². The van der Waals surface area contributed by atoms with Crippen LogP contribution in [0.1, 0.15) is 25.3 Å². The lowest BCUT2D eigenvalue weighted by molar-refractivity contribution is -0.116. The summed E-state index contributed by atoms with van der Waals surface area (Å²) in [5, 5.41) is 0. The van der Waals surface area contributed by atoms with E-state index < -0.39 is 15.8 Å². The number of hydrogen-bond acceptors (Lipinski definition) is 3. The molecule has 7 heteroatoms. The topological polar surface area (TPSA) is 66.5 Å². The summed E-state index contributed by atoms with van der Waals surface area (Å²) in [6.45, 7) is 3.00. The van der Waals surface area contributed by atoms with E-state index >= 15 is 0 Å². The molecule has 2 aromatic rings. The van der Waals surface area contributed by atoms with Gasteiger partial charge >= 0.3 is 0 Å². The molecule has 0 aromatic heterocycles. The van der Waals surface area contributed by atoms with Crippen molar-refractivity contribution in [3.05, 3.63) is 53.8 Å². The molecule has 0 heterocycles. The third-order valence-corrected chi connectivity index (χ3v) is 5.61. The first-order valence-electron chi connectivity index (χ1n) is 7.97. The van der Waals surface area contributed by atoms with Gasteiger partial charge in [-0.25, -0.2) is 12.8 Å². The van der Waals surface area contributed by atoms with Gasteiger partial charge in [-0.3, -0.25) is 9.52 Å². The van der Waals surface area contributed by atoms with Crippen molar-refractivity contribution >= 4 is 27.3 Å². The van der Waals surface area contributed by atoms with Gasteiger partial charge in [0.05, 0.1) is 16.3 Å². The third kappa shape index (κ3) is 3.66. The van der Waals surface area contributed by atoms with E-state index in [1.807, 2.05) is 0 Å². The molecule has 1 saturated carbocycles. The summed E-state index contributed by atoms with van der Waals surface area (Å²) in [5.74, 6) is -0.625. The number of sulfonamides is 1. The van der Waals surface area contributed by atoms with Crippen LogP contribution >= 0.6 is 0 Å². The summed E-state index contributed by atoms with van der Waals surface area (Å²) < 4.78 is 41.2. The zero-order chi connectivity index (χ0) is 18.2. The summed E-state index contributed by atoms with van der Waals surface area (Å²) in [6, 6.07) is 10.4. The molecule has 25 heavy (non-hydrogen) atoms. The monoisotopic (exact) mass is 362 g/mol. The lowest BCUT2D eigenvalue weighted by atomic mass is 10.2. The van der Waals surface area contributed by atoms with Gasteiger partial charge in [0, 0.05) is 13.0 Å². The fourth-order valence-corrected chi connectivity index (χ4v) is 4.14. The summed E-state index contributed by atoms with van der Waals surface area (Å²) in [7, 11) is -3.90. The zero-order valence-corrected chi connectivity index (χ0v) is 14.8. The molecule has 1 fully saturated rings. The van der Waals surface area contributed by atoms with Crippen molar-refractivity contribution in [2.45, 2.75) is 37.6 Å². The Kier molecular flexibility index (Phi) is 4.51. The molecule has 0 saturated heterocycles. The van der Waals surface area contributed by atoms with Crippen LogP contribution in [0.4, 0.5) is 15.8 Å². The number of rotatable bonds is 5. The lowest BCUT2D eigenvalue weighted by Gasteiger charge is -2.24. The Bertz CT molecular complexity index is 924. The van der Waals surface area contributed by atoms with E-state index in [2.05, 4.69) is 4.72 Å². The van der Waals surface area contributed by atoms with Crippen molar-refractivity contribution in [2.24, 2.45) is 0 Å². The lowest BCUT2D eigenvalue weighted by Crippen LogP contribution is -2.31. The second kappa shape index (κ2) is 6.48. The largest absolute Gasteiger partial charge is 0.308 e. The number of halogens is 1. The molecule has 0 radical (unpaired) electrons. The number of carbonyl (C=O) groups excluding carboxylic acids is 1. The first kappa shape index (κ1) is 17.4. The molecular formula is C18H19FN2O3S. The number of amides is 1. The Morgan fingerprint density at radius 3 is 2.48 bits per heavy atom. The molecule has 3 rings (SSSR count). The van der Waals surface area contributed by atoms with E-state index in [0.29, 0.717) is 16.9 Å². The highest BCUT2D eigenvalue weighted by atomic mass is 32.2. The van der Waals surface area contributed by atoms with Gasteiger partial charge in [-0.1, -0.05) is 12.1 Å². The predicted molar refractivity (Wildman–Crippen MR) is 94.6 cm³/mol. The van der Waals surface area contributed by atoms with Crippen molar-refractivity contribution in [2.75, 3.05) is 9.62 Å². The number of carbonyl (C=O) groups is 1. The Balaban J connectivity index is 1.99. The van der Waals surface area contributed by atoms with Crippen LogP contribution in [0.2, 0.25) is 0 Å². The van der Waals surface area contributed by atoms with Crippen molar-refractivity contribution < 1.29 is 17.6 Å². The summed E-state index contributed by atoms with van der Waals surface area (Å²) in [4.78, 5) is 13.6. The van der Waals surface area contributed by atoms with Crippen molar-refractivity contribution in [3.8, 4) is 0 Å². The minimum Gasteiger partial charge on any atom is -0.308 e. The van der Waals surface area contributed by atoms with Gasteiger partial charge < -0.3 is 4.90 Å². The minimum absolute atomic E-state index is 0.00417. The van der Waals surface area contributed by atoms with Gasteiger partial charge in [-0.2, -0.15) is 0 Å². The van der Waals surface area contributed by atoms with Crippen LogP contribution in [-0.2, 0) is 14.8 Å². The average Bonchev–Trinajstić information content (AvgIpc) is 3.33. The molecule has 1 N–H and O–H groups in total. The van der Waals surface area contributed by atoms with Gasteiger partial charge in [0.25, 0.3) is 10.0 Å². The Hall–Kier alpha value is -2.41. The molecule has 1 amide bonds. The van der Waals surface area contributed by atoms with E-state index in [0.717, 1.165) is 18.9 Å². The predicted octanol–water partition coefficient (Wildman–Crippen LogP) is 3.45. The van der Waals surface area contributed by atoms with Crippen LogP contribution in [-0.4, -0.2) is 20.4 Å². The maximum atomic E-state index is 13.3. The number of hydrogen-bond donors (Lipinski definition) is 1. The quantitative estimate of drug-likeness (QED) is 0.886. The molecule has 0 unspecified atom stereocenters. The van der Waals surface area contributed by atoms with Gasteiger partial charge in [-0.05, 0) is 55.7 Å². The summed E-state index contributed by atoms with van der Waals surface area (Å²) >= 11 is 0. The fraction of sp³-hybridized carbons (Fsp3) is 0.278. The Labute approximate surface area is 146 Å². The van der Waals surface area contributed by atoms with E-state index in [-0.39, 0.29) is 16.8 Å². The second-order valence-corrected chi connectivity index (χ2v) is 7.80. The highest BCUT2D eigenvalue weighted by molar-refractivity contribution is 7.92. The summed E-state index contributed by atoms with van der Waals surface area (Å²) in [6.07, 6.45) is 1.80. The third-order valence-electron chi connectivity index (χ3n) is 4.09. The highest BCUT2D eigenvalue weighted by Crippen LogP contribution is 2.36. The van der Waals surface area contributed by atoms with E-state index in [4.69, 9.17) is 0 Å². The normalized spacial score (nSPS) is 14.2. The molecule has 2 aromatic carbocycles. The molecule has 5 nitrogen and oxygen atoms in total. The summed E-state index contributed by atoms with van der Waals surface area (Å²) in [5.41, 5.74) is 1.17. The SMILES string of the molecule is CC(=O)N(c1ccccc1NS(=O)(=O)c1ccc(F)cc1C)C1CC1. The van der Waals surface area contributed by atoms with Gasteiger partial charge in [0.1, 0.15) is 5.82 Å². The highest BCUT2D eigenvalue weighted by Gasteiger charge is 2.33. The van der Waals surface area contributed by atoms with E-state index in [9.17, 15) is 17.6 Å². The minimum atomic E-state index is -3.90. The standard InChI is InChI=1S/C18H19FN2O3S/c1-12-11-14(19)7-10-18(12)25(23,24)20-16-5-3-4-6-17(16)21(13(2)22)15-8-9-15/h3-7,10-11,15,20H,8-9H2,1-2H3. The molecule has 0 spiro atoms. The van der Waals surface area contributed by atoms with Crippen LogP contribution < -0.4 is 9.62 Å². The van der Waals surface area contributed by atoms with Crippen molar-refractivity contribution in [1.29, 1.82) is 0 Å². The number of aryl methyl sites for hydroxylation is 1. The van der Waals surface area contributed by atoms with Gasteiger partial charge in [0.15, 0.2) is 0 Å². The maximum Gasteiger partial charge on any atom is 0.262 e. The number of nitrogens with zero attached hydrogens (tertiary/aromatic N) is 1. The number of para-hydroxylation sites is 2. The Morgan fingerprint density at radius 2 is 1.88 bits per heavy atom. The maximum absolute atomic E-state index is 13.3. The molecule has 1 aliphatic rings. The van der Waals surface area contributed by atoms with Gasteiger partial charge in [-0.15, -0.1) is 0 Å². The molecule has 0 bridgehead atoms. The number of nitrogens with one attached hydrogen (secondary N) is 1. The number of benzene rings is 2. The molecular weight excluding hydrogens is 343 g/mol. The molecule has 132 valence electrons. The van der Waals surface area contributed by atoms with Crippen LogP contribution in [0.5, 0.6) is 0 Å². The van der Waals surface area contributed by atoms with E-state index in [1.54, 1.807) is 29.2 Å². The van der Waals surface area contributed by atoms with Gasteiger partial charge in [0.2, 0.25) is 5.91 Å². The second-order valence-electron chi connectivity index (χ2n) is 6.15. The first-order chi connectivity index (χ1) is 11.8. The average molecular weight is 362 g/mol. The smallest absolute Gasteiger partial charge is 0.262 e. The first-order valence-corrected chi connectivity index (χ1v) is 9.46. The van der Waals surface area contributed by atoms with Crippen LogP contribution in [0.15, 0.2) is 47.4 Å². The van der Waals surface area contributed by atoms with Crippen molar-refractivity contribution in [1.82, 2.24) is 0 Å². The van der Waals surface area contributed by atoms with Crippen molar-refractivity contribution in [3.63, 3.8) is 0 Å². The molecule has 0 atom stereocenters. The fourth-order valence-electron chi connectivity index (χ4n) is 2.84. The zero-order valence-electron chi connectivity index (χ0n) is 14.0. The molecule has 1 aliphatic carbocycles. The van der Waals surface area contributed by atoms with Crippen LogP contribution in [0.25, 0.3) is 0 Å².